The van der Waals surface area contributed by atoms with Crippen LogP contribution in [-0.4, -0.2) is 18.0 Å². The number of carbonyl (C=O) groups is 1. The lowest BCUT2D eigenvalue weighted by molar-refractivity contribution is -0.386. The molecule has 0 aromatic heterocycles. The van der Waals surface area contributed by atoms with Gasteiger partial charge in [-0.1, -0.05) is 30.3 Å². The third-order valence-corrected chi connectivity index (χ3v) is 3.12. The zero-order valence-corrected chi connectivity index (χ0v) is 12.6. The van der Waals surface area contributed by atoms with E-state index in [0.29, 0.717) is 11.3 Å². The first kappa shape index (κ1) is 16.4. The van der Waals surface area contributed by atoms with Crippen LogP contribution >= 0.6 is 0 Å². The topological polar surface area (TPSA) is 87.9 Å². The number of ether oxygens (including phenoxy) is 1. The van der Waals surface area contributed by atoms with Crippen LogP contribution in [0.25, 0.3) is 0 Å². The molecule has 0 N–H and O–H groups in total. The molecule has 0 aliphatic rings. The van der Waals surface area contributed by atoms with Crippen LogP contribution in [0.5, 0.6) is 5.75 Å². The number of nitrogens with zero attached hydrogens (tertiary/aromatic N) is 1. The normalized spacial score (nSPS) is 10.2. The Balaban J connectivity index is 2.14. The fraction of sp³-hybridized carbons (Fsp3) is 0.188. The summed E-state index contributed by atoms with van der Waals surface area (Å²) in [5.41, 5.74) is 0.542. The Morgan fingerprint density at radius 3 is 2.52 bits per heavy atom. The highest BCUT2D eigenvalue weighted by Gasteiger charge is 2.26. The predicted molar refractivity (Wildman–Crippen MR) is 81.0 cm³/mol. The van der Waals surface area contributed by atoms with Gasteiger partial charge in [0.15, 0.2) is 0 Å². The highest BCUT2D eigenvalue weighted by atomic mass is 17.2. The van der Waals surface area contributed by atoms with Gasteiger partial charge in [-0.25, -0.2) is 4.79 Å². The molecule has 0 heterocycles. The van der Waals surface area contributed by atoms with Crippen LogP contribution in [0, 0.1) is 17.0 Å². The molecule has 0 unspecified atom stereocenters. The Morgan fingerprint density at radius 2 is 1.91 bits per heavy atom. The number of methoxy groups -OCH3 is 1. The molecule has 0 radical (unpaired) electrons. The lowest BCUT2D eigenvalue weighted by Crippen LogP contribution is -2.10. The largest absolute Gasteiger partial charge is 0.497 e. The summed E-state index contributed by atoms with van der Waals surface area (Å²) in [5.74, 6) is -0.627. The second-order valence-corrected chi connectivity index (χ2v) is 4.72. The van der Waals surface area contributed by atoms with Gasteiger partial charge < -0.3 is 4.74 Å². The van der Waals surface area contributed by atoms with Crippen LogP contribution < -0.4 is 4.74 Å². The van der Waals surface area contributed by atoms with Crippen molar-refractivity contribution in [2.75, 3.05) is 7.11 Å². The van der Waals surface area contributed by atoms with Crippen molar-refractivity contribution < 1.29 is 24.2 Å². The van der Waals surface area contributed by atoms with Crippen molar-refractivity contribution in [3.05, 3.63) is 69.3 Å². The second-order valence-electron chi connectivity index (χ2n) is 4.72. The quantitative estimate of drug-likeness (QED) is 0.462. The van der Waals surface area contributed by atoms with Crippen molar-refractivity contribution in [2.45, 2.75) is 13.5 Å². The first-order valence-corrected chi connectivity index (χ1v) is 6.73. The van der Waals surface area contributed by atoms with E-state index in [1.807, 2.05) is 18.2 Å². The molecule has 0 bridgehead atoms. The van der Waals surface area contributed by atoms with Crippen LogP contribution in [0.2, 0.25) is 0 Å². The molecule has 0 saturated heterocycles. The van der Waals surface area contributed by atoms with Crippen LogP contribution in [0.1, 0.15) is 21.5 Å². The molecule has 0 aliphatic heterocycles. The summed E-state index contributed by atoms with van der Waals surface area (Å²) in [4.78, 5) is 32.1. The summed E-state index contributed by atoms with van der Waals surface area (Å²) in [6.07, 6.45) is 0. The van der Waals surface area contributed by atoms with Gasteiger partial charge in [0.05, 0.1) is 12.0 Å². The zero-order chi connectivity index (χ0) is 16.8. The number of benzene rings is 2. The molecular weight excluding hydrogens is 302 g/mol. The highest BCUT2D eigenvalue weighted by Crippen LogP contribution is 2.29. The van der Waals surface area contributed by atoms with E-state index in [-0.39, 0.29) is 17.9 Å². The standard InChI is InChI=1S/C16H15NO6/c1-11-8-13(21-2)9-14(15(11)17(19)20)16(18)23-22-10-12-6-4-3-5-7-12/h3-9H,10H2,1-2H3. The number of nitro groups is 1. The van der Waals surface area contributed by atoms with E-state index in [1.165, 1.54) is 26.2 Å². The van der Waals surface area contributed by atoms with Gasteiger partial charge in [0.1, 0.15) is 17.9 Å². The van der Waals surface area contributed by atoms with Gasteiger partial charge in [0, 0.05) is 11.6 Å². The number of hydrogen-bond donors (Lipinski definition) is 0. The Labute approximate surface area is 132 Å². The van der Waals surface area contributed by atoms with E-state index >= 15 is 0 Å². The van der Waals surface area contributed by atoms with E-state index in [1.54, 1.807) is 12.1 Å². The maximum Gasteiger partial charge on any atom is 0.380 e. The van der Waals surface area contributed by atoms with Gasteiger partial charge in [-0.05, 0) is 18.6 Å². The molecule has 7 heteroatoms. The molecule has 0 saturated carbocycles. The Kier molecular flexibility index (Phi) is 5.27. The van der Waals surface area contributed by atoms with Gasteiger partial charge in [-0.15, -0.1) is 0 Å². The summed E-state index contributed by atoms with van der Waals surface area (Å²) in [7, 11) is 1.40. The van der Waals surface area contributed by atoms with Crippen molar-refractivity contribution in [3.63, 3.8) is 0 Å². The molecule has 0 aliphatic carbocycles. The number of carbonyl (C=O) groups excluding carboxylic acids is 1. The molecule has 0 atom stereocenters. The summed E-state index contributed by atoms with van der Waals surface area (Å²) < 4.78 is 5.02. The smallest absolute Gasteiger partial charge is 0.380 e. The molecule has 0 spiro atoms. The maximum absolute atomic E-state index is 12.1. The minimum atomic E-state index is -0.949. The van der Waals surface area contributed by atoms with Crippen molar-refractivity contribution in [3.8, 4) is 5.75 Å². The molecule has 23 heavy (non-hydrogen) atoms. The first-order valence-electron chi connectivity index (χ1n) is 6.73. The Hall–Kier alpha value is -2.93. The van der Waals surface area contributed by atoms with Gasteiger partial charge in [-0.3, -0.25) is 15.0 Å². The van der Waals surface area contributed by atoms with Crippen LogP contribution in [-0.2, 0) is 16.4 Å². The van der Waals surface area contributed by atoms with Gasteiger partial charge >= 0.3 is 5.97 Å². The average molecular weight is 317 g/mol. The van der Waals surface area contributed by atoms with E-state index in [2.05, 4.69) is 4.89 Å². The molecule has 2 rings (SSSR count). The lowest BCUT2D eigenvalue weighted by atomic mass is 10.1. The molecule has 7 nitrogen and oxygen atoms in total. The van der Waals surface area contributed by atoms with Crippen molar-refractivity contribution >= 4 is 11.7 Å². The zero-order valence-electron chi connectivity index (χ0n) is 12.6. The van der Waals surface area contributed by atoms with Crippen LogP contribution in [0.4, 0.5) is 5.69 Å². The minimum Gasteiger partial charge on any atom is -0.497 e. The Morgan fingerprint density at radius 1 is 1.22 bits per heavy atom. The molecule has 0 amide bonds. The van der Waals surface area contributed by atoms with Crippen LogP contribution in [0.15, 0.2) is 42.5 Å². The molecular formula is C16H15NO6. The number of nitro benzene ring substituents is 1. The van der Waals surface area contributed by atoms with E-state index in [0.717, 1.165) is 5.56 Å². The maximum atomic E-state index is 12.1. The summed E-state index contributed by atoms with van der Waals surface area (Å²) in [5, 5.41) is 11.2. The summed E-state index contributed by atoms with van der Waals surface area (Å²) in [6, 6.07) is 11.8. The summed E-state index contributed by atoms with van der Waals surface area (Å²) in [6.45, 7) is 1.56. The monoisotopic (exact) mass is 317 g/mol. The number of rotatable bonds is 6. The number of hydrogen-bond acceptors (Lipinski definition) is 6. The van der Waals surface area contributed by atoms with Crippen molar-refractivity contribution in [1.82, 2.24) is 0 Å². The first-order chi connectivity index (χ1) is 11.0. The SMILES string of the molecule is COc1cc(C)c([N+](=O)[O-])c(C(=O)OOCc2ccccc2)c1. The van der Waals surface area contributed by atoms with Gasteiger partial charge in [-0.2, -0.15) is 4.89 Å². The average Bonchev–Trinajstić information content (AvgIpc) is 2.54. The fourth-order valence-corrected chi connectivity index (χ4v) is 2.03. The molecule has 120 valence electrons. The Bertz CT molecular complexity index is 714. The molecule has 0 fully saturated rings. The van der Waals surface area contributed by atoms with Gasteiger partial charge in [0.25, 0.3) is 5.69 Å². The minimum absolute atomic E-state index is 0.0450. The predicted octanol–water partition coefficient (Wildman–Crippen LogP) is 3.20. The third kappa shape index (κ3) is 4.04. The van der Waals surface area contributed by atoms with E-state index in [4.69, 9.17) is 9.62 Å². The van der Waals surface area contributed by atoms with Crippen LogP contribution in [0.3, 0.4) is 0 Å². The summed E-state index contributed by atoms with van der Waals surface area (Å²) >= 11 is 0. The van der Waals surface area contributed by atoms with Crippen molar-refractivity contribution in [1.29, 1.82) is 0 Å². The lowest BCUT2D eigenvalue weighted by Gasteiger charge is -2.08. The fourth-order valence-electron chi connectivity index (χ4n) is 2.03. The second kappa shape index (κ2) is 7.37. The number of aryl methyl sites for hydroxylation is 1. The van der Waals surface area contributed by atoms with Gasteiger partial charge in [0.2, 0.25) is 0 Å². The van der Waals surface area contributed by atoms with Crippen molar-refractivity contribution in [2.24, 2.45) is 0 Å². The highest BCUT2D eigenvalue weighted by molar-refractivity contribution is 5.94. The van der Waals surface area contributed by atoms with E-state index in [9.17, 15) is 14.9 Å². The molecule has 2 aromatic carbocycles. The third-order valence-electron chi connectivity index (χ3n) is 3.12. The van der Waals surface area contributed by atoms with E-state index < -0.39 is 10.9 Å². The molecule has 2 aromatic rings.